The van der Waals surface area contributed by atoms with Gasteiger partial charge in [-0.3, -0.25) is 14.4 Å². The van der Waals surface area contributed by atoms with Crippen molar-refractivity contribution in [3.8, 4) is 0 Å². The number of aromatic nitrogens is 2. The summed E-state index contributed by atoms with van der Waals surface area (Å²) in [5.74, 6) is -0.239. The minimum atomic E-state index is -0.739. The van der Waals surface area contributed by atoms with Crippen LogP contribution in [0.2, 0.25) is 0 Å². The molecule has 1 aliphatic heterocycles. The van der Waals surface area contributed by atoms with E-state index in [0.717, 1.165) is 63.8 Å². The summed E-state index contributed by atoms with van der Waals surface area (Å²) >= 11 is 0. The molecule has 0 bridgehead atoms. The summed E-state index contributed by atoms with van der Waals surface area (Å²) in [5.41, 5.74) is 5.67. The SMILES string of the molecule is CCc1nn(CC)c2c1CCC21CCN(C[C@H]2C[C@H](N(C)[C@@H](C(=O)O)[C@H](C)CC)C[C@@H]2c2cccc(F)c2)CC1. The van der Waals surface area contributed by atoms with Crippen molar-refractivity contribution in [2.24, 2.45) is 11.8 Å². The number of carboxylic acids is 1. The molecule has 0 radical (unpaired) electrons. The van der Waals surface area contributed by atoms with Crippen LogP contribution in [-0.4, -0.2) is 69.4 Å². The summed E-state index contributed by atoms with van der Waals surface area (Å²) in [6, 6.07) is 6.78. The van der Waals surface area contributed by atoms with E-state index in [4.69, 9.17) is 5.10 Å². The minimum absolute atomic E-state index is 0.0774. The lowest BCUT2D eigenvalue weighted by Crippen LogP contribution is -2.48. The van der Waals surface area contributed by atoms with Gasteiger partial charge in [-0.25, -0.2) is 4.39 Å². The normalized spacial score (nSPS) is 25.9. The van der Waals surface area contributed by atoms with Crippen molar-refractivity contribution in [1.29, 1.82) is 0 Å². The van der Waals surface area contributed by atoms with E-state index in [2.05, 4.69) is 41.3 Å². The maximum Gasteiger partial charge on any atom is 0.321 e. The Hall–Kier alpha value is -2.25. The van der Waals surface area contributed by atoms with Gasteiger partial charge < -0.3 is 10.0 Å². The number of likely N-dealkylation sites (tertiary alicyclic amines) is 1. The van der Waals surface area contributed by atoms with Crippen LogP contribution in [0.1, 0.15) is 94.7 Å². The number of aliphatic carboxylic acids is 1. The van der Waals surface area contributed by atoms with Crippen LogP contribution in [0.5, 0.6) is 0 Å². The molecule has 1 spiro atoms. The number of carbonyl (C=O) groups is 1. The van der Waals surface area contributed by atoms with E-state index < -0.39 is 12.0 Å². The van der Waals surface area contributed by atoms with Crippen molar-refractivity contribution >= 4 is 5.97 Å². The van der Waals surface area contributed by atoms with Gasteiger partial charge in [-0.15, -0.1) is 0 Å². The van der Waals surface area contributed by atoms with Gasteiger partial charge in [0.1, 0.15) is 11.9 Å². The summed E-state index contributed by atoms with van der Waals surface area (Å²) in [7, 11) is 1.99. The molecule has 1 saturated heterocycles. The van der Waals surface area contributed by atoms with Gasteiger partial charge in [0, 0.05) is 30.2 Å². The van der Waals surface area contributed by atoms with Crippen LogP contribution in [-0.2, 0) is 29.6 Å². The molecular weight excluding hydrogens is 503 g/mol. The molecular formula is C33H49FN4O2. The van der Waals surface area contributed by atoms with Gasteiger partial charge in [-0.2, -0.15) is 5.10 Å². The van der Waals surface area contributed by atoms with Crippen LogP contribution >= 0.6 is 0 Å². The van der Waals surface area contributed by atoms with Crippen LogP contribution < -0.4 is 0 Å². The summed E-state index contributed by atoms with van der Waals surface area (Å²) in [6.07, 6.45) is 8.42. The number of nitrogens with zero attached hydrogens (tertiary/aromatic N) is 4. The highest BCUT2D eigenvalue weighted by Gasteiger charge is 2.47. The molecule has 2 aliphatic carbocycles. The van der Waals surface area contributed by atoms with Gasteiger partial charge in [-0.05, 0) is 113 Å². The lowest BCUT2D eigenvalue weighted by molar-refractivity contribution is -0.145. The summed E-state index contributed by atoms with van der Waals surface area (Å²) < 4.78 is 16.6. The number of rotatable bonds is 10. The van der Waals surface area contributed by atoms with Crippen LogP contribution in [0.25, 0.3) is 0 Å². The molecule has 1 aromatic carbocycles. The van der Waals surface area contributed by atoms with Crippen molar-refractivity contribution in [3.63, 3.8) is 0 Å². The van der Waals surface area contributed by atoms with Crippen LogP contribution in [0.3, 0.4) is 0 Å². The predicted octanol–water partition coefficient (Wildman–Crippen LogP) is 5.88. The Morgan fingerprint density at radius 3 is 2.58 bits per heavy atom. The molecule has 0 unspecified atom stereocenters. The maximum atomic E-state index is 14.3. The molecule has 2 heterocycles. The lowest BCUT2D eigenvalue weighted by atomic mass is 9.75. The molecule has 7 heteroatoms. The number of fused-ring (bicyclic) bond motifs is 2. The molecule has 2 aromatic rings. The van der Waals surface area contributed by atoms with Gasteiger partial charge in [0.05, 0.1) is 5.69 Å². The zero-order chi connectivity index (χ0) is 28.6. The van der Waals surface area contributed by atoms with Gasteiger partial charge >= 0.3 is 5.97 Å². The van der Waals surface area contributed by atoms with Gasteiger partial charge in [-0.1, -0.05) is 39.3 Å². The number of aryl methyl sites for hydroxylation is 2. The Balaban J connectivity index is 1.32. The molecule has 220 valence electrons. The number of likely N-dealkylation sites (N-methyl/N-ethyl adjacent to an activating group) is 1. The zero-order valence-electron chi connectivity index (χ0n) is 25.2. The highest BCUT2D eigenvalue weighted by atomic mass is 19.1. The number of halogens is 1. The van der Waals surface area contributed by atoms with E-state index in [0.29, 0.717) is 5.92 Å². The Morgan fingerprint density at radius 1 is 1.20 bits per heavy atom. The maximum absolute atomic E-state index is 14.3. The second kappa shape index (κ2) is 11.9. The smallest absolute Gasteiger partial charge is 0.321 e. The van der Waals surface area contributed by atoms with Crippen LogP contribution in [0.4, 0.5) is 4.39 Å². The first-order valence-corrected chi connectivity index (χ1v) is 15.7. The van der Waals surface area contributed by atoms with Crippen molar-refractivity contribution in [2.45, 2.75) is 109 Å². The van der Waals surface area contributed by atoms with Gasteiger partial charge in [0.15, 0.2) is 0 Å². The third-order valence-electron chi connectivity index (χ3n) is 10.8. The summed E-state index contributed by atoms with van der Waals surface area (Å²) in [4.78, 5) is 17.0. The third kappa shape index (κ3) is 5.36. The Labute approximate surface area is 239 Å². The third-order valence-corrected chi connectivity index (χ3v) is 10.8. The standard InChI is InChI=1S/C33H49FN4O2/c1-6-22(4)30(32(39)40)36(5)26-19-24(28(20-26)23-10-9-11-25(34)18-23)21-37-16-14-33(15-17-37)13-12-27-29(7-2)35-38(8-3)31(27)33/h9-11,18,22,24,26,28,30H,6-8,12-17,19-21H2,1-5H3,(H,39,40)/t22-,24-,26+,28-,30-/m1/s1. The molecule has 40 heavy (non-hydrogen) atoms. The van der Waals surface area contributed by atoms with Crippen LogP contribution in [0.15, 0.2) is 24.3 Å². The summed E-state index contributed by atoms with van der Waals surface area (Å²) in [5, 5.41) is 15.0. The number of benzene rings is 1. The second-order valence-electron chi connectivity index (χ2n) is 12.9. The van der Waals surface area contributed by atoms with Crippen molar-refractivity contribution < 1.29 is 14.3 Å². The van der Waals surface area contributed by atoms with E-state index in [1.165, 1.54) is 42.3 Å². The molecule has 1 N–H and O–H groups in total. The average Bonchev–Trinajstić information content (AvgIpc) is 3.64. The molecule has 3 aliphatic rings. The molecule has 5 atom stereocenters. The molecule has 0 amide bonds. The summed E-state index contributed by atoms with van der Waals surface area (Å²) in [6.45, 7) is 12.6. The van der Waals surface area contributed by atoms with E-state index in [1.54, 1.807) is 6.07 Å². The minimum Gasteiger partial charge on any atom is -0.480 e. The van der Waals surface area contributed by atoms with Crippen molar-refractivity contribution in [2.75, 3.05) is 26.7 Å². The quantitative estimate of drug-likeness (QED) is 0.399. The predicted molar refractivity (Wildman–Crippen MR) is 157 cm³/mol. The number of hydrogen-bond acceptors (Lipinski definition) is 4. The first kappa shape index (κ1) is 29.2. The fourth-order valence-electron chi connectivity index (χ4n) is 8.43. The fourth-order valence-corrected chi connectivity index (χ4v) is 8.43. The molecule has 5 rings (SSSR count). The largest absolute Gasteiger partial charge is 0.480 e. The highest BCUT2D eigenvalue weighted by Crippen LogP contribution is 2.49. The molecule has 1 aromatic heterocycles. The van der Waals surface area contributed by atoms with Crippen molar-refractivity contribution in [3.05, 3.63) is 52.6 Å². The highest BCUT2D eigenvalue weighted by molar-refractivity contribution is 5.73. The first-order valence-electron chi connectivity index (χ1n) is 15.7. The topological polar surface area (TPSA) is 61.6 Å². The molecule has 2 fully saturated rings. The number of carboxylic acid groups (broad SMARTS) is 1. The lowest BCUT2D eigenvalue weighted by Gasteiger charge is -2.41. The van der Waals surface area contributed by atoms with Crippen LogP contribution in [0, 0.1) is 17.7 Å². The van der Waals surface area contributed by atoms with Gasteiger partial charge in [0.2, 0.25) is 0 Å². The van der Waals surface area contributed by atoms with Gasteiger partial charge in [0.25, 0.3) is 0 Å². The van der Waals surface area contributed by atoms with Crippen molar-refractivity contribution in [1.82, 2.24) is 19.6 Å². The Morgan fingerprint density at radius 2 is 1.95 bits per heavy atom. The number of piperidine rings is 1. The molecule has 1 saturated carbocycles. The number of hydrogen-bond donors (Lipinski definition) is 1. The first-order chi connectivity index (χ1) is 19.2. The van der Waals surface area contributed by atoms with E-state index in [-0.39, 0.29) is 29.1 Å². The Kier molecular flexibility index (Phi) is 8.72. The van der Waals surface area contributed by atoms with E-state index in [9.17, 15) is 14.3 Å². The molecule has 6 nitrogen and oxygen atoms in total. The average molecular weight is 553 g/mol. The fraction of sp³-hybridized carbons (Fsp3) is 0.697. The van der Waals surface area contributed by atoms with E-state index in [1.807, 2.05) is 20.0 Å². The Bertz CT molecular complexity index is 1190. The second-order valence-corrected chi connectivity index (χ2v) is 12.9. The zero-order valence-corrected chi connectivity index (χ0v) is 25.2. The monoisotopic (exact) mass is 552 g/mol. The van der Waals surface area contributed by atoms with E-state index >= 15 is 0 Å².